The lowest BCUT2D eigenvalue weighted by Crippen LogP contribution is -2.44. The minimum absolute atomic E-state index is 0.220. The molecule has 1 atom stereocenters. The minimum atomic E-state index is 0.220. The Morgan fingerprint density at radius 1 is 1.24 bits per heavy atom. The molecule has 124 valence electrons. The third kappa shape index (κ3) is 7.55. The summed E-state index contributed by atoms with van der Waals surface area (Å²) < 4.78 is 0.352. The van der Waals surface area contributed by atoms with E-state index < -0.39 is 0 Å². The number of nitrogens with zero attached hydrogens (tertiary/aromatic N) is 1. The first-order chi connectivity index (χ1) is 9.69. The van der Waals surface area contributed by atoms with Crippen LogP contribution in [0.25, 0.3) is 0 Å². The molecule has 1 aliphatic heterocycles. The number of amides is 1. The molecular formula is C17H34N2OS. The van der Waals surface area contributed by atoms with Crippen molar-refractivity contribution in [3.05, 3.63) is 0 Å². The van der Waals surface area contributed by atoms with Crippen LogP contribution in [-0.2, 0) is 4.79 Å². The molecule has 3 nitrogen and oxygen atoms in total. The molecule has 0 saturated carbocycles. The van der Waals surface area contributed by atoms with Gasteiger partial charge in [0.05, 0.1) is 0 Å². The van der Waals surface area contributed by atoms with Crippen molar-refractivity contribution in [3.63, 3.8) is 0 Å². The van der Waals surface area contributed by atoms with E-state index in [9.17, 15) is 4.79 Å². The standard InChI is InChI=1S/C17H34N2OS/c1-13(2)14(3)18-16(20)15-7-9-19(10-8-15)11-12-21-17(4,5)6/h13-15H,7-12H2,1-6H3,(H,18,20)/t14-/m0/s1. The highest BCUT2D eigenvalue weighted by atomic mass is 32.2. The first kappa shape index (κ1) is 18.8. The monoisotopic (exact) mass is 314 g/mol. The van der Waals surface area contributed by atoms with Gasteiger partial charge < -0.3 is 10.2 Å². The van der Waals surface area contributed by atoms with E-state index in [0.717, 1.165) is 32.5 Å². The van der Waals surface area contributed by atoms with Crippen LogP contribution in [0.1, 0.15) is 54.4 Å². The maximum absolute atomic E-state index is 12.2. The summed E-state index contributed by atoms with van der Waals surface area (Å²) in [6, 6.07) is 0.277. The number of carbonyl (C=O) groups is 1. The van der Waals surface area contributed by atoms with Crippen molar-refractivity contribution >= 4 is 17.7 Å². The Bertz CT molecular complexity index is 317. The van der Waals surface area contributed by atoms with Crippen molar-refractivity contribution in [2.75, 3.05) is 25.4 Å². The van der Waals surface area contributed by atoms with Gasteiger partial charge in [0.25, 0.3) is 0 Å². The third-order valence-corrected chi connectivity index (χ3v) is 5.52. The van der Waals surface area contributed by atoms with Crippen LogP contribution in [0.3, 0.4) is 0 Å². The maximum Gasteiger partial charge on any atom is 0.223 e. The topological polar surface area (TPSA) is 32.3 Å². The first-order valence-electron chi connectivity index (χ1n) is 8.35. The number of carbonyl (C=O) groups excluding carboxylic acids is 1. The molecule has 1 amide bonds. The van der Waals surface area contributed by atoms with Gasteiger partial charge >= 0.3 is 0 Å². The van der Waals surface area contributed by atoms with E-state index >= 15 is 0 Å². The molecule has 0 aromatic heterocycles. The summed E-state index contributed by atoms with van der Waals surface area (Å²) in [4.78, 5) is 14.7. The number of nitrogens with one attached hydrogen (secondary N) is 1. The largest absolute Gasteiger partial charge is 0.353 e. The molecule has 4 heteroatoms. The Morgan fingerprint density at radius 3 is 2.29 bits per heavy atom. The fraction of sp³-hybridized carbons (Fsp3) is 0.941. The smallest absolute Gasteiger partial charge is 0.223 e. The second-order valence-electron chi connectivity index (χ2n) is 7.62. The first-order valence-corrected chi connectivity index (χ1v) is 9.34. The second-order valence-corrected chi connectivity index (χ2v) is 9.54. The highest BCUT2D eigenvalue weighted by Crippen LogP contribution is 2.24. The molecule has 1 aliphatic rings. The van der Waals surface area contributed by atoms with Gasteiger partial charge in [-0.1, -0.05) is 34.6 Å². The minimum Gasteiger partial charge on any atom is -0.353 e. The summed E-state index contributed by atoms with van der Waals surface area (Å²) in [6.07, 6.45) is 2.02. The molecule has 21 heavy (non-hydrogen) atoms. The van der Waals surface area contributed by atoms with E-state index in [1.165, 1.54) is 5.75 Å². The van der Waals surface area contributed by atoms with Crippen molar-refractivity contribution in [3.8, 4) is 0 Å². The van der Waals surface area contributed by atoms with Crippen LogP contribution in [-0.4, -0.2) is 47.0 Å². The number of hydrogen-bond acceptors (Lipinski definition) is 3. The van der Waals surface area contributed by atoms with Gasteiger partial charge in [-0.15, -0.1) is 0 Å². The lowest BCUT2D eigenvalue weighted by Gasteiger charge is -2.32. The highest BCUT2D eigenvalue weighted by Gasteiger charge is 2.26. The quantitative estimate of drug-likeness (QED) is 0.815. The molecule has 1 saturated heterocycles. The second kappa shape index (κ2) is 8.42. The molecule has 0 unspecified atom stereocenters. The Kier molecular flexibility index (Phi) is 7.55. The molecule has 0 aromatic carbocycles. The van der Waals surface area contributed by atoms with Crippen molar-refractivity contribution < 1.29 is 4.79 Å². The van der Waals surface area contributed by atoms with Crippen molar-refractivity contribution in [1.29, 1.82) is 0 Å². The molecule has 0 aliphatic carbocycles. The van der Waals surface area contributed by atoms with Gasteiger partial charge in [0.1, 0.15) is 0 Å². The van der Waals surface area contributed by atoms with E-state index in [2.05, 4.69) is 51.8 Å². The molecule has 1 rings (SSSR count). The molecule has 0 bridgehead atoms. The van der Waals surface area contributed by atoms with Crippen LogP contribution < -0.4 is 5.32 Å². The number of piperidine rings is 1. The summed E-state index contributed by atoms with van der Waals surface area (Å²) in [5.41, 5.74) is 0. The van der Waals surface area contributed by atoms with Gasteiger partial charge in [0.15, 0.2) is 0 Å². The zero-order valence-corrected chi connectivity index (χ0v) is 15.6. The molecule has 0 spiro atoms. The fourth-order valence-electron chi connectivity index (χ4n) is 2.41. The predicted molar refractivity (Wildman–Crippen MR) is 93.8 cm³/mol. The molecule has 1 N–H and O–H groups in total. The van der Waals surface area contributed by atoms with Crippen LogP contribution in [0, 0.1) is 11.8 Å². The van der Waals surface area contributed by atoms with Crippen LogP contribution in [0.15, 0.2) is 0 Å². The maximum atomic E-state index is 12.2. The Balaban J connectivity index is 2.24. The summed E-state index contributed by atoms with van der Waals surface area (Å²) in [7, 11) is 0. The summed E-state index contributed by atoms with van der Waals surface area (Å²) >= 11 is 2.02. The Morgan fingerprint density at radius 2 is 1.81 bits per heavy atom. The molecule has 1 fully saturated rings. The van der Waals surface area contributed by atoms with E-state index in [1.807, 2.05) is 11.8 Å². The van der Waals surface area contributed by atoms with Crippen LogP contribution in [0.4, 0.5) is 0 Å². The molecule has 0 radical (unpaired) electrons. The van der Waals surface area contributed by atoms with E-state index in [1.54, 1.807) is 0 Å². The summed E-state index contributed by atoms with van der Waals surface area (Å²) in [5, 5.41) is 3.17. The van der Waals surface area contributed by atoms with Crippen LogP contribution in [0.5, 0.6) is 0 Å². The predicted octanol–water partition coefficient (Wildman–Crippen LogP) is 3.39. The van der Waals surface area contributed by atoms with Gasteiger partial charge in [0, 0.05) is 29.0 Å². The third-order valence-electron chi connectivity index (χ3n) is 4.27. The Hall–Kier alpha value is -0.220. The fourth-order valence-corrected chi connectivity index (χ4v) is 3.37. The zero-order valence-electron chi connectivity index (χ0n) is 14.7. The average Bonchev–Trinajstić information content (AvgIpc) is 2.37. The van der Waals surface area contributed by atoms with Gasteiger partial charge in [-0.05, 0) is 38.8 Å². The van der Waals surface area contributed by atoms with E-state index in [-0.39, 0.29) is 17.9 Å². The van der Waals surface area contributed by atoms with E-state index in [4.69, 9.17) is 0 Å². The summed E-state index contributed by atoms with van der Waals surface area (Å²) in [6.45, 7) is 16.5. The molecular weight excluding hydrogens is 280 g/mol. The lowest BCUT2D eigenvalue weighted by atomic mass is 9.95. The molecule has 1 heterocycles. The molecule has 0 aromatic rings. The van der Waals surface area contributed by atoms with Gasteiger partial charge in [-0.2, -0.15) is 11.8 Å². The number of hydrogen-bond donors (Lipinski definition) is 1. The van der Waals surface area contributed by atoms with E-state index in [0.29, 0.717) is 10.7 Å². The van der Waals surface area contributed by atoms with Crippen molar-refractivity contribution in [1.82, 2.24) is 10.2 Å². The van der Waals surface area contributed by atoms with Crippen LogP contribution >= 0.6 is 11.8 Å². The van der Waals surface area contributed by atoms with Gasteiger partial charge in [0.2, 0.25) is 5.91 Å². The SMILES string of the molecule is CC(C)[C@H](C)NC(=O)C1CCN(CCSC(C)(C)C)CC1. The number of likely N-dealkylation sites (tertiary alicyclic amines) is 1. The normalized spacial score (nSPS) is 19.8. The number of rotatable bonds is 6. The van der Waals surface area contributed by atoms with Crippen molar-refractivity contribution in [2.24, 2.45) is 11.8 Å². The summed E-state index contributed by atoms with van der Waals surface area (Å²) in [5.74, 6) is 2.17. The van der Waals surface area contributed by atoms with Gasteiger partial charge in [-0.3, -0.25) is 4.79 Å². The Labute approximate surface area is 135 Å². The van der Waals surface area contributed by atoms with Crippen molar-refractivity contribution in [2.45, 2.75) is 65.2 Å². The highest BCUT2D eigenvalue weighted by molar-refractivity contribution is 8.00. The average molecular weight is 315 g/mol. The van der Waals surface area contributed by atoms with Crippen LogP contribution in [0.2, 0.25) is 0 Å². The lowest BCUT2D eigenvalue weighted by molar-refractivity contribution is -0.127. The zero-order chi connectivity index (χ0) is 16.0. The number of thioether (sulfide) groups is 1. The van der Waals surface area contributed by atoms with Gasteiger partial charge in [-0.25, -0.2) is 0 Å².